The van der Waals surface area contributed by atoms with E-state index in [1.165, 1.54) is 0 Å². The molecule has 1 amide bonds. The first kappa shape index (κ1) is 11.3. The number of fused-ring (bicyclic) bond motifs is 1. The Morgan fingerprint density at radius 3 is 3.06 bits per heavy atom. The Morgan fingerprint density at radius 2 is 2.44 bits per heavy atom. The normalized spacial score (nSPS) is 10.6. The number of carbonyl (C=O) groups is 1. The minimum absolute atomic E-state index is 0.679. The minimum Gasteiger partial charge on any atom is -0.327 e. The molecule has 0 aliphatic rings. The fraction of sp³-hybridized carbons (Fsp3) is 0.300. The van der Waals surface area contributed by atoms with Gasteiger partial charge in [-0.15, -0.1) is 11.3 Å². The summed E-state index contributed by atoms with van der Waals surface area (Å²) in [7, 11) is 0. The number of amides is 1. The van der Waals surface area contributed by atoms with E-state index in [0.717, 1.165) is 32.4 Å². The van der Waals surface area contributed by atoms with Crippen LogP contribution in [0.3, 0.4) is 0 Å². The lowest BCUT2D eigenvalue weighted by Gasteiger charge is -2.05. The third kappa shape index (κ3) is 1.90. The monoisotopic (exact) mass is 253 g/mol. The summed E-state index contributed by atoms with van der Waals surface area (Å²) in [6, 6.07) is 0. The van der Waals surface area contributed by atoms with Gasteiger partial charge < -0.3 is 5.32 Å². The number of hydrogen-bond donors (Lipinski definition) is 1. The number of nitrogens with zero attached hydrogens (tertiary/aromatic N) is 2. The van der Waals surface area contributed by atoms with E-state index >= 15 is 0 Å². The van der Waals surface area contributed by atoms with Crippen molar-refractivity contribution in [1.82, 2.24) is 9.97 Å². The zero-order valence-electron chi connectivity index (χ0n) is 8.98. The molecule has 0 saturated heterocycles. The Morgan fingerprint density at radius 1 is 1.62 bits per heavy atom. The van der Waals surface area contributed by atoms with Crippen LogP contribution in [-0.2, 0) is 11.2 Å². The maximum atomic E-state index is 10.5. The highest BCUT2D eigenvalue weighted by atomic mass is 32.2. The molecule has 0 aromatic carbocycles. The predicted molar refractivity (Wildman–Crippen MR) is 68.3 cm³/mol. The van der Waals surface area contributed by atoms with Gasteiger partial charge in [0.05, 0.1) is 16.6 Å². The van der Waals surface area contributed by atoms with Crippen LogP contribution in [-0.4, -0.2) is 22.6 Å². The average Bonchev–Trinajstić information content (AvgIpc) is 2.72. The molecule has 0 unspecified atom stereocenters. The van der Waals surface area contributed by atoms with E-state index in [-0.39, 0.29) is 0 Å². The van der Waals surface area contributed by atoms with Crippen LogP contribution in [0.2, 0.25) is 0 Å². The number of hydrogen-bond acceptors (Lipinski definition) is 5. The summed E-state index contributed by atoms with van der Waals surface area (Å²) >= 11 is 3.23. The molecule has 2 aromatic heterocycles. The molecule has 0 radical (unpaired) electrons. The third-order valence-electron chi connectivity index (χ3n) is 2.25. The van der Waals surface area contributed by atoms with Crippen molar-refractivity contribution in [1.29, 1.82) is 0 Å². The average molecular weight is 253 g/mol. The molecule has 0 fully saturated rings. The second kappa shape index (κ2) is 4.80. The van der Waals surface area contributed by atoms with E-state index in [2.05, 4.69) is 22.2 Å². The van der Waals surface area contributed by atoms with Gasteiger partial charge in [-0.3, -0.25) is 4.79 Å². The second-order valence-corrected chi connectivity index (χ2v) is 5.16. The number of aryl methyl sites for hydroxylation is 1. The largest absolute Gasteiger partial charge is 0.327 e. The molecule has 0 saturated carbocycles. The van der Waals surface area contributed by atoms with Gasteiger partial charge in [0.2, 0.25) is 6.41 Å². The molecule has 0 spiro atoms. The number of pyridine rings is 1. The molecule has 0 atom stereocenters. The third-order valence-corrected chi connectivity index (χ3v) is 4.34. The van der Waals surface area contributed by atoms with Gasteiger partial charge in [0.15, 0.2) is 9.99 Å². The van der Waals surface area contributed by atoms with Crippen molar-refractivity contribution in [2.24, 2.45) is 0 Å². The summed E-state index contributed by atoms with van der Waals surface area (Å²) in [5.41, 5.74) is 2.65. The fourth-order valence-electron chi connectivity index (χ4n) is 1.53. The predicted octanol–water partition coefficient (Wildman–Crippen LogP) is 2.54. The molecule has 6 heteroatoms. The zero-order valence-corrected chi connectivity index (χ0v) is 10.6. The van der Waals surface area contributed by atoms with Crippen molar-refractivity contribution in [3.8, 4) is 0 Å². The van der Waals surface area contributed by atoms with Gasteiger partial charge in [0, 0.05) is 0 Å². The Hall–Kier alpha value is -1.14. The van der Waals surface area contributed by atoms with Crippen LogP contribution in [0.5, 0.6) is 0 Å². The van der Waals surface area contributed by atoms with Crippen LogP contribution < -0.4 is 5.32 Å². The van der Waals surface area contributed by atoms with Crippen LogP contribution in [0.4, 0.5) is 5.69 Å². The smallest absolute Gasteiger partial charge is 0.211 e. The number of thioether (sulfide) groups is 1. The Balaban J connectivity index is 2.63. The van der Waals surface area contributed by atoms with Gasteiger partial charge in [-0.05, 0) is 18.2 Å². The van der Waals surface area contributed by atoms with Gasteiger partial charge >= 0.3 is 0 Å². The van der Waals surface area contributed by atoms with Gasteiger partial charge in [-0.1, -0.05) is 18.7 Å². The zero-order chi connectivity index (χ0) is 11.5. The van der Waals surface area contributed by atoms with Crippen LogP contribution in [0, 0.1) is 0 Å². The molecule has 0 bridgehead atoms. The molecule has 4 nitrogen and oxygen atoms in total. The summed E-state index contributed by atoms with van der Waals surface area (Å²) in [6.45, 7) is 2.06. The molecule has 16 heavy (non-hydrogen) atoms. The van der Waals surface area contributed by atoms with Crippen LogP contribution >= 0.6 is 23.1 Å². The fourth-order valence-corrected chi connectivity index (χ4v) is 3.16. The summed E-state index contributed by atoms with van der Waals surface area (Å²) in [4.78, 5) is 19.1. The van der Waals surface area contributed by atoms with Crippen LogP contribution in [0.1, 0.15) is 12.5 Å². The molecule has 2 aromatic rings. The summed E-state index contributed by atoms with van der Waals surface area (Å²) in [6.07, 6.45) is 5.19. The summed E-state index contributed by atoms with van der Waals surface area (Å²) in [5, 5.41) is 2.68. The first-order chi connectivity index (χ1) is 7.80. The van der Waals surface area contributed by atoms with E-state index in [4.69, 9.17) is 0 Å². The summed E-state index contributed by atoms with van der Waals surface area (Å²) < 4.78 is 2.07. The lowest BCUT2D eigenvalue weighted by atomic mass is 10.2. The van der Waals surface area contributed by atoms with E-state index in [1.807, 2.05) is 6.26 Å². The Bertz CT molecular complexity index is 524. The molecule has 84 valence electrons. The lowest BCUT2D eigenvalue weighted by molar-refractivity contribution is -0.105. The van der Waals surface area contributed by atoms with Crippen LogP contribution in [0.25, 0.3) is 10.3 Å². The van der Waals surface area contributed by atoms with E-state index in [0.29, 0.717) is 6.41 Å². The number of rotatable bonds is 4. The molecule has 2 heterocycles. The van der Waals surface area contributed by atoms with Gasteiger partial charge in [0.25, 0.3) is 0 Å². The second-order valence-electron chi connectivity index (χ2n) is 3.10. The topological polar surface area (TPSA) is 54.9 Å². The number of nitrogens with one attached hydrogen (secondary N) is 1. The van der Waals surface area contributed by atoms with Crippen molar-refractivity contribution in [3.63, 3.8) is 0 Å². The maximum absolute atomic E-state index is 10.5. The van der Waals surface area contributed by atoms with Crippen molar-refractivity contribution >= 4 is 45.5 Å². The molecular weight excluding hydrogens is 242 g/mol. The Kier molecular flexibility index (Phi) is 3.40. The summed E-state index contributed by atoms with van der Waals surface area (Å²) in [5.74, 6) is 0. The van der Waals surface area contributed by atoms with Crippen molar-refractivity contribution in [2.75, 3.05) is 11.6 Å². The number of thiazole rings is 1. The van der Waals surface area contributed by atoms with Crippen LogP contribution in [0.15, 0.2) is 10.5 Å². The maximum Gasteiger partial charge on any atom is 0.211 e. The number of anilines is 1. The molecular formula is C10H11N3OS2. The highest BCUT2D eigenvalue weighted by molar-refractivity contribution is 8.00. The quantitative estimate of drug-likeness (QED) is 0.672. The first-order valence-electron chi connectivity index (χ1n) is 4.82. The van der Waals surface area contributed by atoms with E-state index < -0.39 is 0 Å². The van der Waals surface area contributed by atoms with Crippen molar-refractivity contribution in [2.45, 2.75) is 17.7 Å². The number of aromatic nitrogens is 2. The van der Waals surface area contributed by atoms with Crippen molar-refractivity contribution in [3.05, 3.63) is 11.8 Å². The molecule has 2 rings (SSSR count). The molecule has 0 aliphatic carbocycles. The van der Waals surface area contributed by atoms with Crippen molar-refractivity contribution < 1.29 is 4.79 Å². The van der Waals surface area contributed by atoms with E-state index in [1.54, 1.807) is 29.3 Å². The highest BCUT2D eigenvalue weighted by Crippen LogP contribution is 2.32. The van der Waals surface area contributed by atoms with Gasteiger partial charge in [-0.25, -0.2) is 9.97 Å². The Labute approximate surface area is 101 Å². The highest BCUT2D eigenvalue weighted by Gasteiger charge is 2.11. The molecule has 0 aliphatic heterocycles. The number of carbonyl (C=O) groups excluding carboxylic acids is 1. The first-order valence-corrected chi connectivity index (χ1v) is 6.86. The lowest BCUT2D eigenvalue weighted by Crippen LogP contribution is -1.99. The van der Waals surface area contributed by atoms with E-state index in [9.17, 15) is 4.79 Å². The van der Waals surface area contributed by atoms with Gasteiger partial charge in [-0.2, -0.15) is 0 Å². The minimum atomic E-state index is 0.679. The standard InChI is InChI=1S/C10H11N3OS2/c1-3-6-7(12-5-14)4-11-9-8(6)16-10(13-9)15-2/h4-5H,3H2,1-2H3,(H,12,14). The molecule has 1 N–H and O–H groups in total. The van der Waals surface area contributed by atoms with Gasteiger partial charge in [0.1, 0.15) is 0 Å². The SMILES string of the molecule is CCc1c(NC=O)cnc2nc(SC)sc12.